The second kappa shape index (κ2) is 2.49. The Hall–Kier alpha value is -1.05. The Morgan fingerprint density at radius 3 is 3.11 bits per heavy atom. The van der Waals surface area contributed by atoms with Crippen LogP contribution in [0.1, 0.15) is 5.56 Å². The summed E-state index contributed by atoms with van der Waals surface area (Å²) >= 11 is 0. The molecule has 0 radical (unpaired) electrons. The highest BCUT2D eigenvalue weighted by Gasteiger charge is 1.87. The van der Waals surface area contributed by atoms with Gasteiger partial charge >= 0.3 is 0 Å². The topological polar surface area (TPSA) is 17.8 Å². The minimum atomic E-state index is 0.799. The molecule has 0 N–H and O–H groups in total. The fourth-order valence-electron chi connectivity index (χ4n) is 0.699. The van der Waals surface area contributed by atoms with Crippen LogP contribution in [0.3, 0.4) is 0 Å². The highest BCUT2D eigenvalue weighted by molar-refractivity contribution is 4.99. The fraction of sp³-hybridized carbons (Fsp3) is 0.286. The van der Waals surface area contributed by atoms with Gasteiger partial charge in [0.25, 0.3) is 0 Å². The first-order chi connectivity index (χ1) is 4.33. The Bertz CT molecular complexity index is 200. The largest absolute Gasteiger partial charge is 0.269 e. The molecule has 0 aromatic carbocycles. The minimum Gasteiger partial charge on any atom is -0.269 e. The minimum absolute atomic E-state index is 0.799. The van der Waals surface area contributed by atoms with Crippen molar-refractivity contribution in [2.24, 2.45) is 0 Å². The summed E-state index contributed by atoms with van der Waals surface area (Å²) in [6.45, 7) is 6.42. The van der Waals surface area contributed by atoms with Crippen molar-refractivity contribution in [2.75, 3.05) is 0 Å². The standard InChI is InChI=1S/C7H10N2/c1-3-4-9-6-7(2)5-8-9/h3,5-6H,1,4H2,2H3. The van der Waals surface area contributed by atoms with E-state index in [1.165, 1.54) is 5.56 Å². The maximum absolute atomic E-state index is 4.05. The molecule has 1 aromatic rings. The van der Waals surface area contributed by atoms with Gasteiger partial charge in [-0.2, -0.15) is 5.10 Å². The predicted molar refractivity (Wildman–Crippen MR) is 37.2 cm³/mol. The molecule has 2 heteroatoms. The zero-order chi connectivity index (χ0) is 6.69. The summed E-state index contributed by atoms with van der Waals surface area (Å²) in [5.41, 5.74) is 1.19. The van der Waals surface area contributed by atoms with Crippen molar-refractivity contribution in [2.45, 2.75) is 13.5 Å². The number of hydrogen-bond acceptors (Lipinski definition) is 1. The molecule has 0 saturated carbocycles. The molecule has 0 aliphatic carbocycles. The number of hydrogen-bond donors (Lipinski definition) is 0. The summed E-state index contributed by atoms with van der Waals surface area (Å²) in [6.07, 6.45) is 5.65. The Kier molecular flexibility index (Phi) is 1.68. The second-order valence-corrected chi connectivity index (χ2v) is 2.03. The Morgan fingerprint density at radius 2 is 2.67 bits per heavy atom. The first kappa shape index (κ1) is 6.08. The van der Waals surface area contributed by atoms with E-state index in [-0.39, 0.29) is 0 Å². The van der Waals surface area contributed by atoms with Gasteiger partial charge in [-0.25, -0.2) is 0 Å². The fourth-order valence-corrected chi connectivity index (χ4v) is 0.699. The van der Waals surface area contributed by atoms with Crippen LogP contribution in [-0.4, -0.2) is 9.78 Å². The number of nitrogens with zero attached hydrogens (tertiary/aromatic N) is 2. The van der Waals surface area contributed by atoms with E-state index in [0.29, 0.717) is 0 Å². The number of aromatic nitrogens is 2. The zero-order valence-corrected chi connectivity index (χ0v) is 5.54. The monoisotopic (exact) mass is 122 g/mol. The lowest BCUT2D eigenvalue weighted by Gasteiger charge is -1.90. The van der Waals surface area contributed by atoms with Crippen LogP contribution in [0.4, 0.5) is 0 Å². The van der Waals surface area contributed by atoms with Crippen LogP contribution in [0.25, 0.3) is 0 Å². The summed E-state index contributed by atoms with van der Waals surface area (Å²) in [6, 6.07) is 0. The second-order valence-electron chi connectivity index (χ2n) is 2.03. The van der Waals surface area contributed by atoms with E-state index in [1.54, 1.807) is 0 Å². The molecule has 0 atom stereocenters. The molecule has 0 spiro atoms. The quantitative estimate of drug-likeness (QED) is 0.542. The third-order valence-corrected chi connectivity index (χ3v) is 1.08. The molecule has 0 fully saturated rings. The van der Waals surface area contributed by atoms with Crippen molar-refractivity contribution in [3.63, 3.8) is 0 Å². The van der Waals surface area contributed by atoms with E-state index in [4.69, 9.17) is 0 Å². The maximum Gasteiger partial charge on any atom is 0.0587 e. The van der Waals surface area contributed by atoms with Gasteiger partial charge in [-0.05, 0) is 12.5 Å². The van der Waals surface area contributed by atoms with E-state index < -0.39 is 0 Å². The molecule has 9 heavy (non-hydrogen) atoms. The molecule has 48 valence electrons. The van der Waals surface area contributed by atoms with Gasteiger partial charge in [0.2, 0.25) is 0 Å². The Balaban J connectivity index is 2.72. The van der Waals surface area contributed by atoms with Gasteiger partial charge in [0.05, 0.1) is 12.7 Å². The summed E-state index contributed by atoms with van der Waals surface area (Å²) in [5.74, 6) is 0. The lowest BCUT2D eigenvalue weighted by Crippen LogP contribution is -1.93. The van der Waals surface area contributed by atoms with Crippen molar-refractivity contribution in [1.82, 2.24) is 9.78 Å². The number of allylic oxidation sites excluding steroid dienone is 1. The Morgan fingerprint density at radius 1 is 1.89 bits per heavy atom. The molecule has 0 aliphatic heterocycles. The predicted octanol–water partition coefficient (Wildman–Crippen LogP) is 1.38. The summed E-state index contributed by atoms with van der Waals surface area (Å²) < 4.78 is 1.85. The van der Waals surface area contributed by atoms with Gasteiger partial charge in [-0.1, -0.05) is 6.08 Å². The SMILES string of the molecule is C=CCn1cc(C)cn1. The number of rotatable bonds is 2. The lowest BCUT2D eigenvalue weighted by atomic mass is 10.4. The van der Waals surface area contributed by atoms with Crippen LogP contribution in [0.15, 0.2) is 25.0 Å². The van der Waals surface area contributed by atoms with Gasteiger partial charge in [0.1, 0.15) is 0 Å². The van der Waals surface area contributed by atoms with E-state index in [1.807, 2.05) is 30.1 Å². The van der Waals surface area contributed by atoms with Gasteiger partial charge < -0.3 is 0 Å². The van der Waals surface area contributed by atoms with E-state index >= 15 is 0 Å². The molecule has 0 amide bonds. The van der Waals surface area contributed by atoms with Crippen LogP contribution in [0.2, 0.25) is 0 Å². The Labute approximate surface area is 54.8 Å². The molecule has 0 saturated heterocycles. The van der Waals surface area contributed by atoms with Crippen LogP contribution in [-0.2, 0) is 6.54 Å². The smallest absolute Gasteiger partial charge is 0.0587 e. The molecular formula is C7H10N2. The van der Waals surface area contributed by atoms with Crippen LogP contribution < -0.4 is 0 Å². The molecular weight excluding hydrogens is 112 g/mol. The molecule has 1 heterocycles. The third kappa shape index (κ3) is 1.42. The lowest BCUT2D eigenvalue weighted by molar-refractivity contribution is 0.702. The first-order valence-corrected chi connectivity index (χ1v) is 2.93. The van der Waals surface area contributed by atoms with Crippen molar-refractivity contribution in [3.05, 3.63) is 30.6 Å². The van der Waals surface area contributed by atoms with Crippen molar-refractivity contribution in [3.8, 4) is 0 Å². The van der Waals surface area contributed by atoms with Crippen LogP contribution >= 0.6 is 0 Å². The molecule has 1 rings (SSSR count). The average molecular weight is 122 g/mol. The first-order valence-electron chi connectivity index (χ1n) is 2.93. The third-order valence-electron chi connectivity index (χ3n) is 1.08. The molecule has 0 unspecified atom stereocenters. The van der Waals surface area contributed by atoms with Gasteiger partial charge in [0.15, 0.2) is 0 Å². The summed E-state index contributed by atoms with van der Waals surface area (Å²) in [5, 5.41) is 4.05. The molecule has 2 nitrogen and oxygen atoms in total. The highest BCUT2D eigenvalue weighted by Crippen LogP contribution is 1.92. The average Bonchev–Trinajstić information content (AvgIpc) is 2.17. The maximum atomic E-state index is 4.05. The van der Waals surface area contributed by atoms with E-state index in [0.717, 1.165) is 6.54 Å². The molecule has 0 aliphatic rings. The van der Waals surface area contributed by atoms with Gasteiger partial charge in [-0.3, -0.25) is 4.68 Å². The van der Waals surface area contributed by atoms with Crippen molar-refractivity contribution >= 4 is 0 Å². The van der Waals surface area contributed by atoms with Crippen molar-refractivity contribution in [1.29, 1.82) is 0 Å². The van der Waals surface area contributed by atoms with Gasteiger partial charge in [-0.15, -0.1) is 6.58 Å². The van der Waals surface area contributed by atoms with E-state index in [2.05, 4.69) is 11.7 Å². The summed E-state index contributed by atoms with van der Waals surface area (Å²) in [4.78, 5) is 0. The summed E-state index contributed by atoms with van der Waals surface area (Å²) in [7, 11) is 0. The van der Waals surface area contributed by atoms with Crippen LogP contribution in [0.5, 0.6) is 0 Å². The van der Waals surface area contributed by atoms with E-state index in [9.17, 15) is 0 Å². The highest BCUT2D eigenvalue weighted by atomic mass is 15.3. The number of aryl methyl sites for hydroxylation is 1. The zero-order valence-electron chi connectivity index (χ0n) is 5.54. The normalized spacial score (nSPS) is 9.44. The van der Waals surface area contributed by atoms with Gasteiger partial charge in [0, 0.05) is 6.20 Å². The molecule has 0 bridgehead atoms. The molecule has 1 aromatic heterocycles. The van der Waals surface area contributed by atoms with Crippen LogP contribution in [0, 0.1) is 6.92 Å². The van der Waals surface area contributed by atoms with Crippen molar-refractivity contribution < 1.29 is 0 Å².